The summed E-state index contributed by atoms with van der Waals surface area (Å²) in [6, 6.07) is 0. The number of morpholine rings is 1. The Morgan fingerprint density at radius 2 is 1.90 bits per heavy atom. The minimum atomic E-state index is -0.375. The van der Waals surface area contributed by atoms with Crippen molar-refractivity contribution in [3.63, 3.8) is 0 Å². The number of carbonyl (C=O) groups is 1. The smallest absolute Gasteiger partial charge is 0.248 e. The number of nitrogens with one attached hydrogen (secondary N) is 1. The minimum Gasteiger partial charge on any atom is -0.373 e. The fourth-order valence-electron chi connectivity index (χ4n) is 2.36. The molecule has 0 radical (unpaired) electrons. The number of rotatable bonds is 7. The van der Waals surface area contributed by atoms with Crippen LogP contribution >= 0.6 is 0 Å². The molecule has 1 heterocycles. The third-order valence-electron chi connectivity index (χ3n) is 3.27. The molecule has 0 bridgehead atoms. The van der Waals surface area contributed by atoms with Gasteiger partial charge in [-0.2, -0.15) is 0 Å². The number of hydrogen-bond donors (Lipinski definition) is 1. The van der Waals surface area contributed by atoms with Crippen molar-refractivity contribution in [1.82, 2.24) is 10.2 Å². The summed E-state index contributed by atoms with van der Waals surface area (Å²) in [4.78, 5) is 14.2. The van der Waals surface area contributed by atoms with Crippen LogP contribution in [0.4, 0.5) is 0 Å². The Morgan fingerprint density at radius 1 is 1.30 bits per heavy atom. The Labute approximate surface area is 123 Å². The molecule has 5 heteroatoms. The topological polar surface area (TPSA) is 50.8 Å². The summed E-state index contributed by atoms with van der Waals surface area (Å²) in [6.07, 6.45) is 0.158. The maximum absolute atomic E-state index is 11.8. The molecule has 5 nitrogen and oxygen atoms in total. The lowest BCUT2D eigenvalue weighted by molar-refractivity contribution is -0.132. The summed E-state index contributed by atoms with van der Waals surface area (Å²) < 4.78 is 11.2. The molecule has 1 N–H and O–H groups in total. The van der Waals surface area contributed by atoms with Crippen LogP contribution in [0.15, 0.2) is 0 Å². The van der Waals surface area contributed by atoms with E-state index in [1.807, 2.05) is 0 Å². The van der Waals surface area contributed by atoms with Crippen LogP contribution < -0.4 is 5.32 Å². The largest absolute Gasteiger partial charge is 0.373 e. The van der Waals surface area contributed by atoms with E-state index in [0.717, 1.165) is 19.6 Å². The van der Waals surface area contributed by atoms with Crippen LogP contribution in [-0.2, 0) is 14.3 Å². The van der Waals surface area contributed by atoms with Gasteiger partial charge in [0.2, 0.25) is 5.91 Å². The van der Waals surface area contributed by atoms with Gasteiger partial charge in [0.05, 0.1) is 12.2 Å². The lowest BCUT2D eigenvalue weighted by atomic mass is 10.2. The summed E-state index contributed by atoms with van der Waals surface area (Å²) in [5.74, 6) is 0.418. The highest BCUT2D eigenvalue weighted by Crippen LogP contribution is 2.09. The van der Waals surface area contributed by atoms with E-state index in [-0.39, 0.29) is 24.2 Å². The molecule has 1 rings (SSSR count). The number of amides is 1. The molecule has 1 aliphatic rings. The van der Waals surface area contributed by atoms with Gasteiger partial charge in [-0.05, 0) is 26.7 Å². The van der Waals surface area contributed by atoms with E-state index >= 15 is 0 Å². The van der Waals surface area contributed by atoms with Crippen molar-refractivity contribution in [3.05, 3.63) is 0 Å². The molecule has 3 atom stereocenters. The molecule has 0 aliphatic carbocycles. The van der Waals surface area contributed by atoms with E-state index in [2.05, 4.69) is 37.9 Å². The standard InChI is InChI=1S/C15H30N2O3/c1-11(2)10-19-14(5)15(18)16-6-7-17-8-12(3)20-13(4)9-17/h11-14H,6-10H2,1-5H3,(H,16,18)/t12-,13+,14-/m0/s1. The predicted octanol–water partition coefficient (Wildman–Crippen LogP) is 1.27. The molecule has 1 fully saturated rings. The molecule has 20 heavy (non-hydrogen) atoms. The fourth-order valence-corrected chi connectivity index (χ4v) is 2.36. The van der Waals surface area contributed by atoms with Crippen molar-refractivity contribution < 1.29 is 14.3 Å². The van der Waals surface area contributed by atoms with E-state index in [9.17, 15) is 4.79 Å². The van der Waals surface area contributed by atoms with Crippen molar-refractivity contribution in [3.8, 4) is 0 Å². The van der Waals surface area contributed by atoms with Gasteiger partial charge in [0.15, 0.2) is 0 Å². The van der Waals surface area contributed by atoms with E-state index in [4.69, 9.17) is 9.47 Å². The molecule has 1 amide bonds. The Morgan fingerprint density at radius 3 is 2.45 bits per heavy atom. The highest BCUT2D eigenvalue weighted by molar-refractivity contribution is 5.80. The molecular weight excluding hydrogens is 256 g/mol. The Kier molecular flexibility index (Phi) is 7.48. The summed E-state index contributed by atoms with van der Waals surface area (Å²) in [6.45, 7) is 14.1. The van der Waals surface area contributed by atoms with Crippen LogP contribution in [0.5, 0.6) is 0 Å². The Bertz CT molecular complexity index is 287. The molecule has 0 spiro atoms. The van der Waals surface area contributed by atoms with E-state index in [0.29, 0.717) is 19.1 Å². The summed E-state index contributed by atoms with van der Waals surface area (Å²) >= 11 is 0. The van der Waals surface area contributed by atoms with Crippen LogP contribution in [0, 0.1) is 5.92 Å². The molecular formula is C15H30N2O3. The van der Waals surface area contributed by atoms with Crippen molar-refractivity contribution in [2.75, 3.05) is 32.8 Å². The molecule has 1 saturated heterocycles. The van der Waals surface area contributed by atoms with Gasteiger partial charge in [-0.15, -0.1) is 0 Å². The first-order valence-electron chi connectivity index (χ1n) is 7.65. The average molecular weight is 286 g/mol. The van der Waals surface area contributed by atoms with Gasteiger partial charge in [0, 0.05) is 32.8 Å². The van der Waals surface area contributed by atoms with Gasteiger partial charge in [-0.1, -0.05) is 13.8 Å². The van der Waals surface area contributed by atoms with Crippen LogP contribution in [0.25, 0.3) is 0 Å². The van der Waals surface area contributed by atoms with Gasteiger partial charge < -0.3 is 14.8 Å². The fraction of sp³-hybridized carbons (Fsp3) is 0.933. The molecule has 118 valence electrons. The summed E-state index contributed by atoms with van der Waals surface area (Å²) in [7, 11) is 0. The van der Waals surface area contributed by atoms with E-state index < -0.39 is 0 Å². The maximum atomic E-state index is 11.8. The Balaban J connectivity index is 2.18. The van der Waals surface area contributed by atoms with Gasteiger partial charge in [0.1, 0.15) is 6.10 Å². The minimum absolute atomic E-state index is 0.0278. The van der Waals surface area contributed by atoms with E-state index in [1.54, 1.807) is 6.92 Å². The van der Waals surface area contributed by atoms with Crippen molar-refractivity contribution in [2.24, 2.45) is 5.92 Å². The molecule has 0 aromatic heterocycles. The third-order valence-corrected chi connectivity index (χ3v) is 3.27. The summed E-state index contributed by atoms with van der Waals surface area (Å²) in [5, 5.41) is 2.94. The lowest BCUT2D eigenvalue weighted by Gasteiger charge is -2.35. The quantitative estimate of drug-likeness (QED) is 0.766. The first-order valence-corrected chi connectivity index (χ1v) is 7.65. The lowest BCUT2D eigenvalue weighted by Crippen LogP contribution is -2.48. The zero-order chi connectivity index (χ0) is 15.1. The van der Waals surface area contributed by atoms with Crippen LogP contribution in [0.3, 0.4) is 0 Å². The molecule has 0 aromatic carbocycles. The van der Waals surface area contributed by atoms with Gasteiger partial charge in [-0.25, -0.2) is 0 Å². The summed E-state index contributed by atoms with van der Waals surface area (Å²) in [5.41, 5.74) is 0. The number of ether oxygens (including phenoxy) is 2. The molecule has 0 aromatic rings. The first kappa shape index (κ1) is 17.4. The SMILES string of the molecule is CC(C)CO[C@@H](C)C(=O)NCCN1C[C@@H](C)O[C@@H](C)C1. The Hall–Kier alpha value is -0.650. The number of nitrogens with zero attached hydrogens (tertiary/aromatic N) is 1. The predicted molar refractivity (Wildman–Crippen MR) is 79.7 cm³/mol. The van der Waals surface area contributed by atoms with Gasteiger partial charge >= 0.3 is 0 Å². The van der Waals surface area contributed by atoms with Gasteiger partial charge in [0.25, 0.3) is 0 Å². The highest BCUT2D eigenvalue weighted by Gasteiger charge is 2.22. The van der Waals surface area contributed by atoms with Crippen molar-refractivity contribution >= 4 is 5.91 Å². The second-order valence-corrected chi connectivity index (χ2v) is 6.18. The first-order chi connectivity index (χ1) is 9.38. The van der Waals surface area contributed by atoms with Crippen molar-refractivity contribution in [1.29, 1.82) is 0 Å². The van der Waals surface area contributed by atoms with E-state index in [1.165, 1.54) is 0 Å². The van der Waals surface area contributed by atoms with Crippen LogP contribution in [0.2, 0.25) is 0 Å². The molecule has 0 unspecified atom stereocenters. The normalized spacial score (nSPS) is 25.7. The number of carbonyl (C=O) groups excluding carboxylic acids is 1. The van der Waals surface area contributed by atoms with Crippen LogP contribution in [-0.4, -0.2) is 61.9 Å². The second kappa shape index (κ2) is 8.60. The monoisotopic (exact) mass is 286 g/mol. The third kappa shape index (κ3) is 6.68. The molecule has 0 saturated carbocycles. The van der Waals surface area contributed by atoms with Crippen LogP contribution in [0.1, 0.15) is 34.6 Å². The van der Waals surface area contributed by atoms with Gasteiger partial charge in [-0.3, -0.25) is 9.69 Å². The maximum Gasteiger partial charge on any atom is 0.248 e. The zero-order valence-electron chi connectivity index (χ0n) is 13.5. The number of hydrogen-bond acceptors (Lipinski definition) is 4. The zero-order valence-corrected chi connectivity index (χ0v) is 13.5. The highest BCUT2D eigenvalue weighted by atomic mass is 16.5. The van der Waals surface area contributed by atoms with Crippen molar-refractivity contribution in [2.45, 2.75) is 52.9 Å². The molecule has 1 aliphatic heterocycles. The second-order valence-electron chi connectivity index (χ2n) is 6.18. The average Bonchev–Trinajstić information content (AvgIpc) is 2.34.